The summed E-state index contributed by atoms with van der Waals surface area (Å²) in [5.41, 5.74) is 2.32. The topological polar surface area (TPSA) is 18.5 Å². The van der Waals surface area contributed by atoms with Gasteiger partial charge in [0.15, 0.2) is 0 Å². The van der Waals surface area contributed by atoms with Crippen LogP contribution in [0.4, 0.5) is 0 Å². The summed E-state index contributed by atoms with van der Waals surface area (Å²) >= 11 is 0. The monoisotopic (exact) mass is 452 g/mol. The lowest BCUT2D eigenvalue weighted by molar-refractivity contribution is 0.102. The first-order valence-corrected chi connectivity index (χ1v) is 13.1. The third-order valence-electron chi connectivity index (χ3n) is 7.66. The minimum atomic E-state index is 0.416. The van der Waals surface area contributed by atoms with Crippen LogP contribution in [0.15, 0.2) is 72.8 Å². The standard InChI is InChI=1S/C30H30O2.C2H6/c1-20-10-12-21(13-11-20)24-18-31-27-16-14-22-6-2-4-8-25(22)29(27)30-26-9-5-3-7-23(26)15-17-28(30)32-19-24;1-2/h2-9,14-17,20-21,24H,10-13,18-19H2,1H3;1-2H3. The van der Waals surface area contributed by atoms with E-state index in [1.165, 1.54) is 47.2 Å². The van der Waals surface area contributed by atoms with Crippen molar-refractivity contribution in [2.24, 2.45) is 17.8 Å². The van der Waals surface area contributed by atoms with E-state index in [0.717, 1.165) is 41.8 Å². The predicted molar refractivity (Wildman–Crippen MR) is 144 cm³/mol. The highest BCUT2D eigenvalue weighted by molar-refractivity contribution is 6.09. The fourth-order valence-corrected chi connectivity index (χ4v) is 5.73. The van der Waals surface area contributed by atoms with Gasteiger partial charge in [0.05, 0.1) is 13.2 Å². The molecule has 4 aromatic carbocycles. The summed E-state index contributed by atoms with van der Waals surface area (Å²) < 4.78 is 13.3. The average Bonchev–Trinajstić information content (AvgIpc) is 2.98. The van der Waals surface area contributed by atoms with Gasteiger partial charge in [-0.3, -0.25) is 0 Å². The van der Waals surface area contributed by atoms with Crippen LogP contribution in [0.2, 0.25) is 0 Å². The van der Waals surface area contributed by atoms with Gasteiger partial charge in [-0.2, -0.15) is 0 Å². The molecule has 0 bridgehead atoms. The zero-order chi connectivity index (χ0) is 23.5. The Morgan fingerprint density at radius 2 is 1.03 bits per heavy atom. The normalized spacial score (nSPS) is 20.4. The highest BCUT2D eigenvalue weighted by Crippen LogP contribution is 2.47. The van der Waals surface area contributed by atoms with Gasteiger partial charge in [0.1, 0.15) is 11.5 Å². The van der Waals surface area contributed by atoms with Crippen LogP contribution in [-0.2, 0) is 0 Å². The van der Waals surface area contributed by atoms with Crippen molar-refractivity contribution in [1.82, 2.24) is 0 Å². The van der Waals surface area contributed by atoms with Crippen molar-refractivity contribution < 1.29 is 9.47 Å². The van der Waals surface area contributed by atoms with Crippen molar-refractivity contribution in [3.8, 4) is 22.6 Å². The average molecular weight is 453 g/mol. The molecule has 0 saturated heterocycles. The molecule has 0 spiro atoms. The number of rotatable bonds is 1. The van der Waals surface area contributed by atoms with Gasteiger partial charge in [-0.1, -0.05) is 94.3 Å². The van der Waals surface area contributed by atoms with Gasteiger partial charge in [0, 0.05) is 17.0 Å². The van der Waals surface area contributed by atoms with E-state index >= 15 is 0 Å². The summed E-state index contributed by atoms with van der Waals surface area (Å²) in [6.45, 7) is 7.82. The number of fused-ring (bicyclic) bond motifs is 7. The maximum absolute atomic E-state index is 6.64. The molecular weight excluding hydrogens is 416 g/mol. The van der Waals surface area contributed by atoms with Crippen molar-refractivity contribution in [2.75, 3.05) is 13.2 Å². The summed E-state index contributed by atoms with van der Waals surface area (Å²) in [7, 11) is 0. The minimum Gasteiger partial charge on any atom is -0.492 e. The molecule has 0 N–H and O–H groups in total. The first-order chi connectivity index (χ1) is 16.8. The number of hydrogen-bond donors (Lipinski definition) is 0. The molecule has 0 unspecified atom stereocenters. The zero-order valence-electron chi connectivity index (χ0n) is 20.7. The second-order valence-corrected chi connectivity index (χ2v) is 9.72. The van der Waals surface area contributed by atoms with Crippen molar-refractivity contribution in [2.45, 2.75) is 46.5 Å². The number of benzene rings is 4. The second kappa shape index (κ2) is 10.1. The molecule has 2 aliphatic rings. The lowest BCUT2D eigenvalue weighted by Crippen LogP contribution is -2.30. The van der Waals surface area contributed by atoms with E-state index in [0.29, 0.717) is 11.8 Å². The van der Waals surface area contributed by atoms with Crippen LogP contribution in [0.1, 0.15) is 46.5 Å². The van der Waals surface area contributed by atoms with Gasteiger partial charge in [0.2, 0.25) is 0 Å². The Kier molecular flexibility index (Phi) is 6.76. The summed E-state index contributed by atoms with van der Waals surface area (Å²) in [5, 5.41) is 4.89. The van der Waals surface area contributed by atoms with Crippen LogP contribution < -0.4 is 9.47 Å². The summed E-state index contributed by atoms with van der Waals surface area (Å²) in [6.07, 6.45) is 5.22. The van der Waals surface area contributed by atoms with Crippen LogP contribution in [0, 0.1) is 17.8 Å². The molecule has 1 fully saturated rings. The van der Waals surface area contributed by atoms with Gasteiger partial charge in [-0.25, -0.2) is 0 Å². The van der Waals surface area contributed by atoms with Crippen LogP contribution in [0.3, 0.4) is 0 Å². The Hall–Kier alpha value is -3.00. The third-order valence-corrected chi connectivity index (χ3v) is 7.66. The van der Waals surface area contributed by atoms with Crippen LogP contribution in [0.5, 0.6) is 11.5 Å². The van der Waals surface area contributed by atoms with Crippen LogP contribution in [-0.4, -0.2) is 13.2 Å². The first kappa shape index (κ1) is 22.8. The largest absolute Gasteiger partial charge is 0.492 e. The molecule has 0 atom stereocenters. The Morgan fingerprint density at radius 1 is 0.559 bits per heavy atom. The molecule has 4 aromatic rings. The minimum absolute atomic E-state index is 0.416. The van der Waals surface area contributed by atoms with E-state index in [1.807, 2.05) is 13.8 Å². The lowest BCUT2D eigenvalue weighted by atomic mass is 9.77. The smallest absolute Gasteiger partial charge is 0.127 e. The molecule has 0 radical (unpaired) electrons. The maximum Gasteiger partial charge on any atom is 0.127 e. The van der Waals surface area contributed by atoms with Crippen LogP contribution >= 0.6 is 0 Å². The van der Waals surface area contributed by atoms with Crippen molar-refractivity contribution in [1.29, 1.82) is 0 Å². The molecule has 6 rings (SSSR count). The van der Waals surface area contributed by atoms with Gasteiger partial charge < -0.3 is 9.47 Å². The maximum atomic E-state index is 6.64. The Labute approximate surface area is 203 Å². The molecule has 176 valence electrons. The van der Waals surface area contributed by atoms with Gasteiger partial charge >= 0.3 is 0 Å². The summed E-state index contributed by atoms with van der Waals surface area (Å²) in [4.78, 5) is 0. The lowest BCUT2D eigenvalue weighted by Gasteiger charge is -2.32. The van der Waals surface area contributed by atoms with Gasteiger partial charge in [-0.05, 0) is 58.4 Å². The van der Waals surface area contributed by atoms with E-state index in [4.69, 9.17) is 9.47 Å². The Morgan fingerprint density at radius 3 is 1.53 bits per heavy atom. The molecule has 1 aliphatic carbocycles. The van der Waals surface area contributed by atoms with Crippen LogP contribution in [0.25, 0.3) is 32.7 Å². The molecule has 34 heavy (non-hydrogen) atoms. The first-order valence-electron chi connectivity index (χ1n) is 13.1. The van der Waals surface area contributed by atoms with Gasteiger partial charge in [-0.15, -0.1) is 0 Å². The zero-order valence-corrected chi connectivity index (χ0v) is 20.7. The van der Waals surface area contributed by atoms with E-state index in [1.54, 1.807) is 0 Å². The van der Waals surface area contributed by atoms with Crippen molar-refractivity contribution >= 4 is 21.5 Å². The quantitative estimate of drug-likeness (QED) is 0.287. The fraction of sp³-hybridized carbons (Fsp3) is 0.375. The Bertz CT molecular complexity index is 1180. The van der Waals surface area contributed by atoms with E-state index in [-0.39, 0.29) is 0 Å². The number of ether oxygens (including phenoxy) is 2. The highest BCUT2D eigenvalue weighted by Gasteiger charge is 2.30. The fourth-order valence-electron chi connectivity index (χ4n) is 5.73. The molecule has 2 heteroatoms. The molecule has 1 aliphatic heterocycles. The van der Waals surface area contributed by atoms with Gasteiger partial charge in [0.25, 0.3) is 0 Å². The van der Waals surface area contributed by atoms with E-state index in [9.17, 15) is 0 Å². The predicted octanol–water partition coefficient (Wildman–Crippen LogP) is 8.90. The second-order valence-electron chi connectivity index (χ2n) is 9.72. The molecule has 0 amide bonds. The summed E-state index contributed by atoms with van der Waals surface area (Å²) in [5.74, 6) is 3.89. The molecule has 1 saturated carbocycles. The van der Waals surface area contributed by atoms with E-state index < -0.39 is 0 Å². The van der Waals surface area contributed by atoms with Crippen molar-refractivity contribution in [3.05, 3.63) is 72.8 Å². The van der Waals surface area contributed by atoms with Crippen molar-refractivity contribution in [3.63, 3.8) is 0 Å². The molecule has 2 nitrogen and oxygen atoms in total. The summed E-state index contributed by atoms with van der Waals surface area (Å²) in [6, 6.07) is 25.9. The highest BCUT2D eigenvalue weighted by atomic mass is 16.5. The Balaban J connectivity index is 0.00000117. The molecule has 1 heterocycles. The SMILES string of the molecule is CC.CC1CCC(C2COc3ccc4ccccc4c3-c3c(ccc4ccccc34)OC2)CC1. The third kappa shape index (κ3) is 4.27. The molecular formula is C32H36O2. The number of hydrogen-bond acceptors (Lipinski definition) is 2. The molecule has 0 aromatic heterocycles. The van der Waals surface area contributed by atoms with E-state index in [2.05, 4.69) is 79.7 Å².